The van der Waals surface area contributed by atoms with Gasteiger partial charge in [-0.15, -0.1) is 0 Å². The van der Waals surface area contributed by atoms with E-state index in [0.29, 0.717) is 5.46 Å². The van der Waals surface area contributed by atoms with Gasteiger partial charge in [0.2, 0.25) is 0 Å². The molecule has 0 aromatic heterocycles. The fraction of sp³-hybridized carbons (Fsp3) is 0. The monoisotopic (exact) mass is 500 g/mol. The van der Waals surface area contributed by atoms with Crippen LogP contribution in [0.2, 0.25) is 0 Å². The van der Waals surface area contributed by atoms with Crippen LogP contribution in [0.15, 0.2) is 140 Å². The van der Waals surface area contributed by atoms with Gasteiger partial charge in [0.1, 0.15) is 0 Å². The lowest BCUT2D eigenvalue weighted by molar-refractivity contribution is 0.426. The molecule has 184 valence electrons. The Morgan fingerprint density at radius 1 is 0.385 bits per heavy atom. The van der Waals surface area contributed by atoms with Gasteiger partial charge in [-0.1, -0.05) is 127 Å². The van der Waals surface area contributed by atoms with Crippen LogP contribution in [0.3, 0.4) is 0 Å². The summed E-state index contributed by atoms with van der Waals surface area (Å²) >= 11 is 0. The molecule has 0 radical (unpaired) electrons. The van der Waals surface area contributed by atoms with Crippen LogP contribution in [0.25, 0.3) is 65.7 Å². The molecular weight excluding hydrogens is 475 g/mol. The predicted molar refractivity (Wildman–Crippen MR) is 165 cm³/mol. The molecule has 2 N–H and O–H groups in total. The SMILES string of the molecule is OB(O)c1ccc(-c2cccc3cccc(-c4cccc(-c5cc6ccccc6c6ccccc56)c4)c23)cc1. The minimum absolute atomic E-state index is 0.481. The summed E-state index contributed by atoms with van der Waals surface area (Å²) in [5.41, 5.74) is 7.37. The second kappa shape index (κ2) is 9.56. The summed E-state index contributed by atoms with van der Waals surface area (Å²) in [7, 11) is -1.48. The molecule has 0 amide bonds. The summed E-state index contributed by atoms with van der Waals surface area (Å²) in [6.07, 6.45) is 0. The van der Waals surface area contributed by atoms with Crippen LogP contribution in [0.1, 0.15) is 0 Å². The van der Waals surface area contributed by atoms with Gasteiger partial charge in [-0.05, 0) is 83.3 Å². The third kappa shape index (κ3) is 4.09. The average molecular weight is 500 g/mol. The van der Waals surface area contributed by atoms with E-state index in [0.717, 1.165) is 22.1 Å². The highest BCUT2D eigenvalue weighted by Gasteiger charge is 2.14. The highest BCUT2D eigenvalue weighted by molar-refractivity contribution is 6.58. The molecule has 0 spiro atoms. The Labute approximate surface area is 227 Å². The molecule has 0 atom stereocenters. The molecule has 0 aliphatic rings. The van der Waals surface area contributed by atoms with Crippen molar-refractivity contribution in [2.45, 2.75) is 0 Å². The first-order valence-electron chi connectivity index (χ1n) is 13.2. The molecule has 3 heteroatoms. The van der Waals surface area contributed by atoms with Crippen molar-refractivity contribution in [3.05, 3.63) is 140 Å². The first-order valence-corrected chi connectivity index (χ1v) is 13.2. The summed E-state index contributed by atoms with van der Waals surface area (Å²) in [4.78, 5) is 0. The number of fused-ring (bicyclic) bond motifs is 4. The van der Waals surface area contributed by atoms with Gasteiger partial charge >= 0.3 is 7.12 Å². The molecule has 0 heterocycles. The molecule has 0 aliphatic heterocycles. The van der Waals surface area contributed by atoms with Gasteiger partial charge in [-0.25, -0.2) is 0 Å². The number of rotatable bonds is 4. The molecule has 0 saturated carbocycles. The molecule has 0 unspecified atom stereocenters. The van der Waals surface area contributed by atoms with Gasteiger partial charge < -0.3 is 10.0 Å². The predicted octanol–water partition coefficient (Wildman–Crippen LogP) is 7.83. The van der Waals surface area contributed by atoms with Crippen molar-refractivity contribution < 1.29 is 10.0 Å². The van der Waals surface area contributed by atoms with Gasteiger partial charge in [0.25, 0.3) is 0 Å². The van der Waals surface area contributed by atoms with Gasteiger partial charge in [-0.3, -0.25) is 0 Å². The number of hydrogen-bond donors (Lipinski definition) is 2. The van der Waals surface area contributed by atoms with E-state index in [9.17, 15) is 10.0 Å². The van der Waals surface area contributed by atoms with Crippen LogP contribution in [0.5, 0.6) is 0 Å². The van der Waals surface area contributed by atoms with E-state index in [1.165, 1.54) is 43.6 Å². The lowest BCUT2D eigenvalue weighted by Gasteiger charge is -2.15. The summed E-state index contributed by atoms with van der Waals surface area (Å²) in [6, 6.07) is 48.6. The van der Waals surface area contributed by atoms with Crippen LogP contribution < -0.4 is 5.46 Å². The summed E-state index contributed by atoms with van der Waals surface area (Å²) in [5.74, 6) is 0. The maximum Gasteiger partial charge on any atom is 0.488 e. The standard InChI is InChI=1S/C36H25BO2/c38-37(39)29-20-18-24(19-21-29)31-16-6-9-25-10-7-17-32(36(25)31)26-11-5-12-27(22-26)35-23-28-8-1-2-13-30(28)33-14-3-4-15-34(33)35/h1-23,38-39H. The Morgan fingerprint density at radius 3 is 1.67 bits per heavy atom. The van der Waals surface area contributed by atoms with Crippen molar-refractivity contribution >= 4 is 44.9 Å². The van der Waals surface area contributed by atoms with Crippen LogP contribution in [0.4, 0.5) is 0 Å². The lowest BCUT2D eigenvalue weighted by Crippen LogP contribution is -2.29. The lowest BCUT2D eigenvalue weighted by atomic mass is 9.79. The molecule has 0 aliphatic carbocycles. The normalized spacial score (nSPS) is 11.3. The molecule has 7 rings (SSSR count). The first-order chi connectivity index (χ1) is 19.2. The third-order valence-electron chi connectivity index (χ3n) is 7.68. The van der Waals surface area contributed by atoms with Crippen molar-refractivity contribution in [3.63, 3.8) is 0 Å². The summed E-state index contributed by atoms with van der Waals surface area (Å²) in [6.45, 7) is 0. The molecule has 7 aromatic carbocycles. The van der Waals surface area contributed by atoms with E-state index < -0.39 is 7.12 Å². The second-order valence-corrected chi connectivity index (χ2v) is 9.98. The van der Waals surface area contributed by atoms with E-state index >= 15 is 0 Å². The van der Waals surface area contributed by atoms with Gasteiger partial charge in [0.15, 0.2) is 0 Å². The van der Waals surface area contributed by atoms with E-state index in [4.69, 9.17) is 0 Å². The Bertz CT molecular complexity index is 1990. The van der Waals surface area contributed by atoms with Gasteiger partial charge in [0.05, 0.1) is 0 Å². The van der Waals surface area contributed by atoms with Crippen molar-refractivity contribution in [1.29, 1.82) is 0 Å². The van der Waals surface area contributed by atoms with Crippen LogP contribution in [-0.2, 0) is 0 Å². The second-order valence-electron chi connectivity index (χ2n) is 9.98. The molecular formula is C36H25BO2. The summed E-state index contributed by atoms with van der Waals surface area (Å²) in [5, 5.41) is 26.5. The number of benzene rings is 7. The van der Waals surface area contributed by atoms with Crippen LogP contribution in [-0.4, -0.2) is 17.2 Å². The van der Waals surface area contributed by atoms with Gasteiger partial charge in [0, 0.05) is 0 Å². The van der Waals surface area contributed by atoms with E-state index in [-0.39, 0.29) is 0 Å². The van der Waals surface area contributed by atoms with Crippen molar-refractivity contribution in [3.8, 4) is 33.4 Å². The molecule has 0 bridgehead atoms. The Kier molecular flexibility index (Phi) is 5.74. The van der Waals surface area contributed by atoms with E-state index in [1.807, 2.05) is 12.1 Å². The van der Waals surface area contributed by atoms with Crippen molar-refractivity contribution in [2.75, 3.05) is 0 Å². The fourth-order valence-corrected chi connectivity index (χ4v) is 5.80. The van der Waals surface area contributed by atoms with E-state index in [2.05, 4.69) is 115 Å². The molecule has 0 saturated heterocycles. The largest absolute Gasteiger partial charge is 0.488 e. The molecule has 39 heavy (non-hydrogen) atoms. The maximum absolute atomic E-state index is 9.55. The average Bonchev–Trinajstić information content (AvgIpc) is 3.00. The third-order valence-corrected chi connectivity index (χ3v) is 7.68. The van der Waals surface area contributed by atoms with Crippen LogP contribution in [0, 0.1) is 0 Å². The zero-order valence-electron chi connectivity index (χ0n) is 21.3. The number of hydrogen-bond acceptors (Lipinski definition) is 2. The minimum Gasteiger partial charge on any atom is -0.423 e. The Morgan fingerprint density at radius 2 is 0.949 bits per heavy atom. The molecule has 0 fully saturated rings. The van der Waals surface area contributed by atoms with Gasteiger partial charge in [-0.2, -0.15) is 0 Å². The first kappa shape index (κ1) is 23.4. The van der Waals surface area contributed by atoms with E-state index in [1.54, 1.807) is 12.1 Å². The van der Waals surface area contributed by atoms with Crippen LogP contribution >= 0.6 is 0 Å². The zero-order chi connectivity index (χ0) is 26.3. The molecule has 2 nitrogen and oxygen atoms in total. The fourth-order valence-electron chi connectivity index (χ4n) is 5.80. The topological polar surface area (TPSA) is 40.5 Å². The smallest absolute Gasteiger partial charge is 0.423 e. The highest BCUT2D eigenvalue weighted by atomic mass is 16.4. The minimum atomic E-state index is -1.48. The highest BCUT2D eigenvalue weighted by Crippen LogP contribution is 2.39. The zero-order valence-corrected chi connectivity index (χ0v) is 21.3. The molecule has 7 aromatic rings. The van der Waals surface area contributed by atoms with Crippen molar-refractivity contribution in [2.24, 2.45) is 0 Å². The Hall–Kier alpha value is -4.70. The maximum atomic E-state index is 9.55. The van der Waals surface area contributed by atoms with Crippen molar-refractivity contribution in [1.82, 2.24) is 0 Å². The Balaban J connectivity index is 1.43. The summed E-state index contributed by atoms with van der Waals surface area (Å²) < 4.78 is 0. The quantitative estimate of drug-likeness (QED) is 0.191.